The summed E-state index contributed by atoms with van der Waals surface area (Å²) in [7, 11) is 1.72. The van der Waals surface area contributed by atoms with E-state index in [9.17, 15) is 0 Å². The molecule has 0 saturated carbocycles. The Morgan fingerprint density at radius 1 is 1.35 bits per heavy atom. The fourth-order valence-corrected chi connectivity index (χ4v) is 1.71. The highest BCUT2D eigenvalue weighted by Crippen LogP contribution is 2.15. The van der Waals surface area contributed by atoms with Crippen molar-refractivity contribution in [3.63, 3.8) is 0 Å². The van der Waals surface area contributed by atoms with Crippen LogP contribution in [0, 0.1) is 12.3 Å². The molecule has 0 radical (unpaired) electrons. The average Bonchev–Trinajstić information content (AvgIpc) is 2.50. The quantitative estimate of drug-likeness (QED) is 0.345. The fourth-order valence-electron chi connectivity index (χ4n) is 1.71. The van der Waals surface area contributed by atoms with Crippen LogP contribution in [0.1, 0.15) is 25.0 Å². The van der Waals surface area contributed by atoms with Gasteiger partial charge in [-0.25, -0.2) is 0 Å². The van der Waals surface area contributed by atoms with E-state index in [1.165, 1.54) is 5.56 Å². The molecule has 0 fully saturated rings. The Balaban J connectivity index is 2.14. The van der Waals surface area contributed by atoms with E-state index < -0.39 is 0 Å². The highest BCUT2D eigenvalue weighted by molar-refractivity contribution is 5.79. The average molecular weight is 273 g/mol. The van der Waals surface area contributed by atoms with Crippen LogP contribution < -0.4 is 10.6 Å². The molecule has 108 valence electrons. The van der Waals surface area contributed by atoms with E-state index in [0.717, 1.165) is 18.9 Å². The van der Waals surface area contributed by atoms with Crippen LogP contribution in [0.25, 0.3) is 0 Å². The molecule has 1 aromatic rings. The third-order valence-electron chi connectivity index (χ3n) is 2.83. The molecule has 1 atom stereocenters. The van der Waals surface area contributed by atoms with Crippen LogP contribution in [0.3, 0.4) is 0 Å². The van der Waals surface area contributed by atoms with E-state index in [1.807, 2.05) is 18.2 Å². The molecule has 20 heavy (non-hydrogen) atoms. The van der Waals surface area contributed by atoms with Gasteiger partial charge in [-0.15, -0.1) is 6.42 Å². The number of hydrogen-bond donors (Lipinski definition) is 2. The number of ether oxygens (including phenoxy) is 1. The van der Waals surface area contributed by atoms with Crippen LogP contribution in [0.4, 0.5) is 0 Å². The highest BCUT2D eigenvalue weighted by Gasteiger charge is 2.04. The molecule has 0 spiro atoms. The molecule has 0 heterocycles. The van der Waals surface area contributed by atoms with Gasteiger partial charge in [-0.05, 0) is 18.9 Å². The Hall–Kier alpha value is -1.99. The van der Waals surface area contributed by atoms with Gasteiger partial charge in [-0.1, -0.05) is 36.3 Å². The van der Waals surface area contributed by atoms with Gasteiger partial charge in [0.25, 0.3) is 0 Å². The van der Waals surface area contributed by atoms with Crippen LogP contribution in [0.5, 0.6) is 0 Å². The van der Waals surface area contributed by atoms with Crippen molar-refractivity contribution in [3.05, 3.63) is 35.9 Å². The SMILES string of the molecule is C#CCNC(=NC)NCCCOC(C)c1ccccc1. The summed E-state index contributed by atoms with van der Waals surface area (Å²) in [5, 5.41) is 6.19. The van der Waals surface area contributed by atoms with Gasteiger partial charge in [0.05, 0.1) is 12.6 Å². The summed E-state index contributed by atoms with van der Waals surface area (Å²) < 4.78 is 5.79. The second kappa shape index (κ2) is 9.88. The lowest BCUT2D eigenvalue weighted by Crippen LogP contribution is -2.38. The first kappa shape index (κ1) is 16.1. The van der Waals surface area contributed by atoms with Crippen LogP contribution in [-0.2, 0) is 4.74 Å². The summed E-state index contributed by atoms with van der Waals surface area (Å²) in [5.41, 5.74) is 1.20. The maximum absolute atomic E-state index is 5.79. The lowest BCUT2D eigenvalue weighted by molar-refractivity contribution is 0.0646. The van der Waals surface area contributed by atoms with Crippen molar-refractivity contribution in [2.45, 2.75) is 19.4 Å². The summed E-state index contributed by atoms with van der Waals surface area (Å²) in [4.78, 5) is 4.06. The highest BCUT2D eigenvalue weighted by atomic mass is 16.5. The summed E-state index contributed by atoms with van der Waals surface area (Å²) in [6.45, 7) is 4.04. The predicted molar refractivity (Wildman–Crippen MR) is 83.6 cm³/mol. The van der Waals surface area contributed by atoms with E-state index in [2.05, 4.69) is 40.6 Å². The molecule has 0 aliphatic heterocycles. The third-order valence-corrected chi connectivity index (χ3v) is 2.83. The molecule has 4 nitrogen and oxygen atoms in total. The van der Waals surface area contributed by atoms with Crippen LogP contribution >= 0.6 is 0 Å². The molecule has 0 aliphatic rings. The Morgan fingerprint density at radius 2 is 2.10 bits per heavy atom. The van der Waals surface area contributed by atoms with E-state index in [4.69, 9.17) is 11.2 Å². The van der Waals surface area contributed by atoms with Crippen molar-refractivity contribution in [1.29, 1.82) is 0 Å². The molecule has 0 saturated heterocycles. The maximum atomic E-state index is 5.79. The molecule has 1 unspecified atom stereocenters. The van der Waals surface area contributed by atoms with Gasteiger partial charge in [0.15, 0.2) is 5.96 Å². The van der Waals surface area contributed by atoms with Crippen LogP contribution in [0.2, 0.25) is 0 Å². The van der Waals surface area contributed by atoms with Crippen LogP contribution in [0.15, 0.2) is 35.3 Å². The van der Waals surface area contributed by atoms with E-state index in [1.54, 1.807) is 7.05 Å². The normalized spacial score (nSPS) is 12.6. The van der Waals surface area contributed by atoms with Crippen LogP contribution in [-0.4, -0.2) is 32.7 Å². The lowest BCUT2D eigenvalue weighted by atomic mass is 10.1. The van der Waals surface area contributed by atoms with Gasteiger partial charge >= 0.3 is 0 Å². The minimum atomic E-state index is 0.120. The van der Waals surface area contributed by atoms with Gasteiger partial charge in [0.1, 0.15) is 0 Å². The van der Waals surface area contributed by atoms with Gasteiger partial charge in [0, 0.05) is 20.2 Å². The van der Waals surface area contributed by atoms with Crippen molar-refractivity contribution in [1.82, 2.24) is 10.6 Å². The Morgan fingerprint density at radius 3 is 2.75 bits per heavy atom. The molecular formula is C16H23N3O. The second-order valence-corrected chi connectivity index (χ2v) is 4.33. The van der Waals surface area contributed by atoms with Crippen molar-refractivity contribution in [2.24, 2.45) is 4.99 Å². The first-order valence-corrected chi connectivity index (χ1v) is 6.82. The van der Waals surface area contributed by atoms with Crippen molar-refractivity contribution >= 4 is 5.96 Å². The Kier molecular flexibility index (Phi) is 7.93. The number of nitrogens with zero attached hydrogens (tertiary/aromatic N) is 1. The predicted octanol–water partition coefficient (Wildman–Crippen LogP) is 1.95. The van der Waals surface area contributed by atoms with Crippen molar-refractivity contribution < 1.29 is 4.74 Å². The van der Waals surface area contributed by atoms with Gasteiger partial charge in [-0.3, -0.25) is 4.99 Å². The minimum Gasteiger partial charge on any atom is -0.374 e. The number of terminal acetylenes is 1. The number of benzene rings is 1. The maximum Gasteiger partial charge on any atom is 0.191 e. The fraction of sp³-hybridized carbons (Fsp3) is 0.438. The molecule has 0 amide bonds. The van der Waals surface area contributed by atoms with E-state index in [0.29, 0.717) is 13.2 Å². The van der Waals surface area contributed by atoms with Gasteiger partial charge < -0.3 is 15.4 Å². The van der Waals surface area contributed by atoms with E-state index in [-0.39, 0.29) is 6.10 Å². The van der Waals surface area contributed by atoms with Crippen molar-refractivity contribution in [2.75, 3.05) is 26.7 Å². The first-order valence-electron chi connectivity index (χ1n) is 6.82. The Bertz CT molecular complexity index is 437. The summed E-state index contributed by atoms with van der Waals surface area (Å²) in [5.74, 6) is 3.23. The molecule has 2 N–H and O–H groups in total. The first-order chi connectivity index (χ1) is 9.77. The summed E-state index contributed by atoms with van der Waals surface area (Å²) in [6, 6.07) is 10.2. The number of hydrogen-bond acceptors (Lipinski definition) is 2. The lowest BCUT2D eigenvalue weighted by Gasteiger charge is -2.14. The Labute approximate surface area is 121 Å². The topological polar surface area (TPSA) is 45.7 Å². The second-order valence-electron chi connectivity index (χ2n) is 4.33. The number of guanidine groups is 1. The smallest absolute Gasteiger partial charge is 0.191 e. The number of aliphatic imine (C=N–C) groups is 1. The molecule has 1 rings (SSSR count). The van der Waals surface area contributed by atoms with Gasteiger partial charge in [-0.2, -0.15) is 0 Å². The largest absolute Gasteiger partial charge is 0.374 e. The monoisotopic (exact) mass is 273 g/mol. The van der Waals surface area contributed by atoms with Crippen molar-refractivity contribution in [3.8, 4) is 12.3 Å². The molecule has 0 bridgehead atoms. The zero-order valence-electron chi connectivity index (χ0n) is 12.2. The molecule has 0 aromatic heterocycles. The third kappa shape index (κ3) is 6.26. The number of rotatable bonds is 7. The zero-order chi connectivity index (χ0) is 14.6. The number of nitrogens with one attached hydrogen (secondary N) is 2. The van der Waals surface area contributed by atoms with E-state index >= 15 is 0 Å². The van der Waals surface area contributed by atoms with Gasteiger partial charge in [0.2, 0.25) is 0 Å². The minimum absolute atomic E-state index is 0.120. The molecule has 1 aromatic carbocycles. The molecule has 4 heteroatoms. The molecule has 0 aliphatic carbocycles. The zero-order valence-corrected chi connectivity index (χ0v) is 12.2. The molecular weight excluding hydrogens is 250 g/mol. The standard InChI is InChI=1S/C16H23N3O/c1-4-11-18-16(17-3)19-12-8-13-20-14(2)15-9-6-5-7-10-15/h1,5-7,9-10,14H,8,11-13H2,2-3H3,(H2,17,18,19). The summed E-state index contributed by atoms with van der Waals surface area (Å²) >= 11 is 0. The summed E-state index contributed by atoms with van der Waals surface area (Å²) in [6.07, 6.45) is 6.21.